The van der Waals surface area contributed by atoms with Gasteiger partial charge in [0.1, 0.15) is 5.75 Å². The summed E-state index contributed by atoms with van der Waals surface area (Å²) < 4.78 is 43.7. The molecule has 0 fully saturated rings. The van der Waals surface area contributed by atoms with Gasteiger partial charge in [0.15, 0.2) is 0 Å². The van der Waals surface area contributed by atoms with Gasteiger partial charge in [0, 0.05) is 5.56 Å². The largest absolute Gasteiger partial charge is 0.496 e. The number of ether oxygens (including phenoxy) is 1. The Labute approximate surface area is 128 Å². The summed E-state index contributed by atoms with van der Waals surface area (Å²) in [5.74, 6) is 0.992. The first-order valence-electron chi connectivity index (χ1n) is 7.10. The highest BCUT2D eigenvalue weighted by molar-refractivity contribution is 5.74. The Hall–Kier alpha value is -1.97. The molecular formula is C18H19F3O. The van der Waals surface area contributed by atoms with Crippen LogP contribution in [0.1, 0.15) is 36.5 Å². The molecule has 0 saturated carbocycles. The predicted octanol–water partition coefficient (Wildman–Crippen LogP) is 5.81. The van der Waals surface area contributed by atoms with E-state index in [0.29, 0.717) is 17.2 Å². The van der Waals surface area contributed by atoms with E-state index in [1.807, 2.05) is 18.2 Å². The Morgan fingerprint density at radius 1 is 0.955 bits per heavy atom. The van der Waals surface area contributed by atoms with Crippen molar-refractivity contribution in [1.82, 2.24) is 0 Å². The Bertz CT molecular complexity index is 673. The van der Waals surface area contributed by atoms with Crippen molar-refractivity contribution in [2.75, 3.05) is 7.11 Å². The summed E-state index contributed by atoms with van der Waals surface area (Å²) in [6.07, 6.45) is -4.33. The lowest BCUT2D eigenvalue weighted by molar-refractivity contribution is -0.137. The van der Waals surface area contributed by atoms with Crippen molar-refractivity contribution in [2.24, 2.45) is 0 Å². The number of methoxy groups -OCH3 is 1. The summed E-state index contributed by atoms with van der Waals surface area (Å²) >= 11 is 0. The first-order chi connectivity index (χ1) is 10.2. The average molecular weight is 308 g/mol. The Kier molecular flexibility index (Phi) is 4.50. The van der Waals surface area contributed by atoms with Crippen molar-refractivity contribution in [2.45, 2.75) is 32.9 Å². The molecule has 4 heteroatoms. The Morgan fingerprint density at radius 3 is 2.14 bits per heavy atom. The third-order valence-corrected chi connectivity index (χ3v) is 3.73. The number of aryl methyl sites for hydroxylation is 1. The smallest absolute Gasteiger partial charge is 0.416 e. The highest BCUT2D eigenvalue weighted by atomic mass is 19.4. The molecule has 0 unspecified atom stereocenters. The minimum absolute atomic E-state index is 0.333. The highest BCUT2D eigenvalue weighted by Crippen LogP contribution is 2.37. The summed E-state index contributed by atoms with van der Waals surface area (Å²) in [5, 5.41) is 0. The van der Waals surface area contributed by atoms with Crippen molar-refractivity contribution < 1.29 is 17.9 Å². The molecular weight excluding hydrogens is 289 g/mol. The third-order valence-electron chi connectivity index (χ3n) is 3.73. The molecule has 0 heterocycles. The molecule has 0 aliphatic rings. The molecule has 0 aliphatic heterocycles. The minimum Gasteiger partial charge on any atom is -0.496 e. The number of rotatable bonds is 3. The second kappa shape index (κ2) is 6.03. The van der Waals surface area contributed by atoms with Gasteiger partial charge in [-0.1, -0.05) is 26.0 Å². The van der Waals surface area contributed by atoms with Crippen molar-refractivity contribution in [3.05, 3.63) is 53.1 Å². The van der Waals surface area contributed by atoms with Gasteiger partial charge in [-0.15, -0.1) is 0 Å². The second-order valence-electron chi connectivity index (χ2n) is 5.64. The van der Waals surface area contributed by atoms with Crippen LogP contribution in [0.5, 0.6) is 5.75 Å². The van der Waals surface area contributed by atoms with Gasteiger partial charge in [-0.25, -0.2) is 0 Å². The van der Waals surface area contributed by atoms with Gasteiger partial charge in [0.2, 0.25) is 0 Å². The van der Waals surface area contributed by atoms with Crippen LogP contribution in [0.2, 0.25) is 0 Å². The van der Waals surface area contributed by atoms with Crippen molar-refractivity contribution in [3.63, 3.8) is 0 Å². The van der Waals surface area contributed by atoms with Crippen molar-refractivity contribution in [1.29, 1.82) is 0 Å². The zero-order valence-corrected chi connectivity index (χ0v) is 13.1. The average Bonchev–Trinajstić information content (AvgIpc) is 2.45. The van der Waals surface area contributed by atoms with Gasteiger partial charge >= 0.3 is 6.18 Å². The van der Waals surface area contributed by atoms with Gasteiger partial charge in [-0.05, 0) is 53.8 Å². The third kappa shape index (κ3) is 3.26. The topological polar surface area (TPSA) is 9.23 Å². The van der Waals surface area contributed by atoms with E-state index in [9.17, 15) is 13.2 Å². The first-order valence-corrected chi connectivity index (χ1v) is 7.10. The lowest BCUT2D eigenvalue weighted by Gasteiger charge is -2.16. The summed E-state index contributed by atoms with van der Waals surface area (Å²) in [7, 11) is 1.56. The van der Waals surface area contributed by atoms with Crippen LogP contribution < -0.4 is 4.74 Å². The van der Waals surface area contributed by atoms with Crippen LogP contribution in [0.4, 0.5) is 13.2 Å². The van der Waals surface area contributed by atoms with Crippen molar-refractivity contribution in [3.8, 4) is 16.9 Å². The molecule has 0 aliphatic carbocycles. The summed E-state index contributed by atoms with van der Waals surface area (Å²) in [6, 6.07) is 9.63. The number of hydrogen-bond donors (Lipinski definition) is 0. The molecule has 0 bridgehead atoms. The van der Waals surface area contributed by atoms with E-state index in [4.69, 9.17) is 4.74 Å². The van der Waals surface area contributed by atoms with E-state index in [1.165, 1.54) is 12.1 Å². The molecule has 22 heavy (non-hydrogen) atoms. The van der Waals surface area contributed by atoms with E-state index in [0.717, 1.165) is 22.8 Å². The normalized spacial score (nSPS) is 11.8. The summed E-state index contributed by atoms with van der Waals surface area (Å²) in [4.78, 5) is 0. The maximum absolute atomic E-state index is 12.8. The van der Waals surface area contributed by atoms with Crippen LogP contribution in [-0.4, -0.2) is 7.11 Å². The van der Waals surface area contributed by atoms with Gasteiger partial charge in [0.25, 0.3) is 0 Å². The predicted molar refractivity (Wildman–Crippen MR) is 82.3 cm³/mol. The maximum Gasteiger partial charge on any atom is 0.416 e. The summed E-state index contributed by atoms with van der Waals surface area (Å²) in [6.45, 7) is 5.84. The molecule has 0 spiro atoms. The Morgan fingerprint density at radius 2 is 1.64 bits per heavy atom. The Balaban J connectivity index is 2.58. The molecule has 2 aromatic rings. The fourth-order valence-corrected chi connectivity index (χ4v) is 2.44. The quantitative estimate of drug-likeness (QED) is 0.695. The fraction of sp³-hybridized carbons (Fsp3) is 0.333. The van der Waals surface area contributed by atoms with Gasteiger partial charge < -0.3 is 4.74 Å². The maximum atomic E-state index is 12.8. The highest BCUT2D eigenvalue weighted by Gasteiger charge is 2.30. The molecule has 0 atom stereocenters. The number of alkyl halides is 3. The molecule has 0 aromatic heterocycles. The molecule has 0 saturated heterocycles. The molecule has 0 N–H and O–H groups in total. The molecule has 1 nitrogen and oxygen atoms in total. The minimum atomic E-state index is -4.33. The number of benzene rings is 2. The van der Waals surface area contributed by atoms with E-state index in [2.05, 4.69) is 13.8 Å². The number of halogens is 3. The monoisotopic (exact) mass is 308 g/mol. The molecule has 2 aromatic carbocycles. The fourth-order valence-electron chi connectivity index (χ4n) is 2.44. The van der Waals surface area contributed by atoms with Gasteiger partial charge in [-0.2, -0.15) is 13.2 Å². The molecule has 2 rings (SSSR count). The van der Waals surface area contributed by atoms with E-state index in [-0.39, 0.29) is 0 Å². The van der Waals surface area contributed by atoms with Gasteiger partial charge in [0.05, 0.1) is 12.7 Å². The van der Waals surface area contributed by atoms with Crippen LogP contribution in [0.3, 0.4) is 0 Å². The van der Waals surface area contributed by atoms with Crippen molar-refractivity contribution >= 4 is 0 Å². The van der Waals surface area contributed by atoms with Crippen LogP contribution in [0, 0.1) is 6.92 Å². The van der Waals surface area contributed by atoms with Crippen LogP contribution >= 0.6 is 0 Å². The number of hydrogen-bond acceptors (Lipinski definition) is 1. The standard InChI is InChI=1S/C18H19F3O/c1-11(2)13-5-8-17(22-4)16(10-13)15-7-6-14(9-12(15)3)18(19,20)21/h5-11H,1-4H3. The van der Waals surface area contributed by atoms with E-state index < -0.39 is 11.7 Å². The molecule has 0 radical (unpaired) electrons. The zero-order valence-electron chi connectivity index (χ0n) is 13.1. The summed E-state index contributed by atoms with van der Waals surface area (Å²) in [5.41, 5.74) is 2.64. The lowest BCUT2D eigenvalue weighted by Crippen LogP contribution is -2.05. The van der Waals surface area contributed by atoms with Crippen LogP contribution in [-0.2, 0) is 6.18 Å². The zero-order chi connectivity index (χ0) is 16.5. The SMILES string of the molecule is COc1ccc(C(C)C)cc1-c1ccc(C(F)(F)F)cc1C. The molecule has 118 valence electrons. The first kappa shape index (κ1) is 16.4. The lowest BCUT2D eigenvalue weighted by atomic mass is 9.93. The van der Waals surface area contributed by atoms with Gasteiger partial charge in [-0.3, -0.25) is 0 Å². The second-order valence-corrected chi connectivity index (χ2v) is 5.64. The van der Waals surface area contributed by atoms with Crippen LogP contribution in [0.25, 0.3) is 11.1 Å². The van der Waals surface area contributed by atoms with E-state index in [1.54, 1.807) is 14.0 Å². The van der Waals surface area contributed by atoms with Crippen LogP contribution in [0.15, 0.2) is 36.4 Å². The molecule has 0 amide bonds. The van der Waals surface area contributed by atoms with E-state index >= 15 is 0 Å².